The highest BCUT2D eigenvalue weighted by Crippen LogP contribution is 2.31. The predicted octanol–water partition coefficient (Wildman–Crippen LogP) is 5.67. The summed E-state index contributed by atoms with van der Waals surface area (Å²) in [6, 6.07) is 23.4. The molecule has 1 atom stereocenters. The summed E-state index contributed by atoms with van der Waals surface area (Å²) in [5, 5.41) is 15.2. The van der Waals surface area contributed by atoms with E-state index in [0.29, 0.717) is 12.2 Å². The van der Waals surface area contributed by atoms with Crippen molar-refractivity contribution in [2.45, 2.75) is 19.3 Å². The van der Waals surface area contributed by atoms with Crippen molar-refractivity contribution in [2.75, 3.05) is 0 Å². The number of furan rings is 1. The van der Waals surface area contributed by atoms with Crippen LogP contribution in [0.25, 0.3) is 21.9 Å². The number of rotatable bonds is 8. The van der Waals surface area contributed by atoms with Gasteiger partial charge in [0.05, 0.1) is 6.42 Å². The molecule has 5 nitrogen and oxygen atoms in total. The fraction of sp³-hybridized carbons (Fsp3) is 0.167. The van der Waals surface area contributed by atoms with Crippen LogP contribution in [0.3, 0.4) is 0 Å². The number of carbonyl (C=O) groups is 1. The van der Waals surface area contributed by atoms with Crippen LogP contribution in [-0.4, -0.2) is 17.3 Å². The molecule has 29 heavy (non-hydrogen) atoms. The van der Waals surface area contributed by atoms with Gasteiger partial charge in [-0.15, -0.1) is 0 Å². The SMILES string of the molecule is O=C(O)CC(/C=N/Oc1ccc2oc3ccccc3c2c1)CCc1ccccc1. The summed E-state index contributed by atoms with van der Waals surface area (Å²) >= 11 is 0. The van der Waals surface area contributed by atoms with Gasteiger partial charge in [0.25, 0.3) is 0 Å². The fourth-order valence-corrected chi connectivity index (χ4v) is 3.39. The third kappa shape index (κ3) is 4.63. The van der Waals surface area contributed by atoms with Gasteiger partial charge in [0.15, 0.2) is 5.75 Å². The Morgan fingerprint density at radius 2 is 1.76 bits per heavy atom. The largest absolute Gasteiger partial charge is 0.481 e. The number of aryl methyl sites for hydroxylation is 1. The van der Waals surface area contributed by atoms with E-state index in [-0.39, 0.29) is 12.3 Å². The number of carboxylic acid groups (broad SMARTS) is 1. The van der Waals surface area contributed by atoms with E-state index in [1.807, 2.05) is 66.7 Å². The second-order valence-corrected chi connectivity index (χ2v) is 6.98. The molecule has 0 fully saturated rings. The van der Waals surface area contributed by atoms with Gasteiger partial charge in [-0.3, -0.25) is 4.79 Å². The molecule has 4 rings (SSSR count). The smallest absolute Gasteiger partial charge is 0.304 e. The minimum absolute atomic E-state index is 0.0189. The van der Waals surface area contributed by atoms with Crippen molar-refractivity contribution in [1.29, 1.82) is 0 Å². The van der Waals surface area contributed by atoms with Crippen LogP contribution in [-0.2, 0) is 11.2 Å². The number of oxime groups is 1. The van der Waals surface area contributed by atoms with Crippen LogP contribution in [0.2, 0.25) is 0 Å². The van der Waals surface area contributed by atoms with Crippen molar-refractivity contribution in [3.63, 3.8) is 0 Å². The molecule has 0 amide bonds. The first kappa shape index (κ1) is 18.7. The van der Waals surface area contributed by atoms with E-state index in [4.69, 9.17) is 9.25 Å². The maximum Gasteiger partial charge on any atom is 0.304 e. The van der Waals surface area contributed by atoms with Crippen LogP contribution in [0, 0.1) is 5.92 Å². The quantitative estimate of drug-likeness (QED) is 0.312. The molecule has 0 radical (unpaired) electrons. The van der Waals surface area contributed by atoms with Crippen LogP contribution in [0.1, 0.15) is 18.4 Å². The normalized spacial score (nSPS) is 12.6. The number of hydrogen-bond donors (Lipinski definition) is 1. The Morgan fingerprint density at radius 3 is 2.59 bits per heavy atom. The van der Waals surface area contributed by atoms with Gasteiger partial charge in [0.2, 0.25) is 0 Å². The Hall–Kier alpha value is -3.60. The fourth-order valence-electron chi connectivity index (χ4n) is 3.39. The van der Waals surface area contributed by atoms with Crippen molar-refractivity contribution in [3.05, 3.63) is 78.4 Å². The summed E-state index contributed by atoms with van der Waals surface area (Å²) < 4.78 is 5.81. The third-order valence-electron chi connectivity index (χ3n) is 4.86. The Bertz CT molecular complexity index is 1150. The standard InChI is InChI=1S/C24H21NO4/c26-24(27)14-18(11-10-17-6-2-1-3-7-17)16-25-29-19-12-13-23-21(15-19)20-8-4-5-9-22(20)28-23/h1-9,12-13,15-16,18H,10-11,14H2,(H,26,27)/b25-16+. The minimum atomic E-state index is -0.846. The average molecular weight is 387 g/mol. The maximum absolute atomic E-state index is 11.2. The lowest BCUT2D eigenvalue weighted by Gasteiger charge is -2.09. The lowest BCUT2D eigenvalue weighted by molar-refractivity contribution is -0.137. The molecule has 0 saturated heterocycles. The van der Waals surface area contributed by atoms with Gasteiger partial charge in [-0.1, -0.05) is 53.7 Å². The van der Waals surface area contributed by atoms with Crippen LogP contribution < -0.4 is 4.84 Å². The summed E-state index contributed by atoms with van der Waals surface area (Å²) in [4.78, 5) is 16.7. The van der Waals surface area contributed by atoms with Gasteiger partial charge in [-0.25, -0.2) is 0 Å². The molecule has 1 N–H and O–H groups in total. The molecule has 0 aliphatic heterocycles. The molecule has 0 bridgehead atoms. The highest BCUT2D eigenvalue weighted by Gasteiger charge is 2.12. The average Bonchev–Trinajstić information content (AvgIpc) is 3.10. The van der Waals surface area contributed by atoms with E-state index >= 15 is 0 Å². The minimum Gasteiger partial charge on any atom is -0.481 e. The Kier molecular flexibility index (Phi) is 5.56. The molecular formula is C24H21NO4. The van der Waals surface area contributed by atoms with E-state index in [2.05, 4.69) is 5.16 Å². The first-order chi connectivity index (χ1) is 14.2. The zero-order chi connectivity index (χ0) is 20.1. The summed E-state index contributed by atoms with van der Waals surface area (Å²) in [6.07, 6.45) is 3.09. The van der Waals surface area contributed by atoms with Gasteiger partial charge in [-0.2, -0.15) is 0 Å². The summed E-state index contributed by atoms with van der Waals surface area (Å²) in [6.45, 7) is 0. The van der Waals surface area contributed by atoms with Gasteiger partial charge >= 0.3 is 5.97 Å². The molecular weight excluding hydrogens is 366 g/mol. The number of para-hydroxylation sites is 1. The molecule has 0 aliphatic carbocycles. The lowest BCUT2D eigenvalue weighted by atomic mass is 9.98. The molecule has 0 spiro atoms. The maximum atomic E-state index is 11.2. The van der Waals surface area contributed by atoms with Crippen molar-refractivity contribution >= 4 is 34.1 Å². The predicted molar refractivity (Wildman–Crippen MR) is 113 cm³/mol. The zero-order valence-corrected chi connectivity index (χ0v) is 15.8. The van der Waals surface area contributed by atoms with E-state index < -0.39 is 5.97 Å². The Balaban J connectivity index is 1.45. The van der Waals surface area contributed by atoms with Crippen LogP contribution in [0.5, 0.6) is 5.75 Å². The second-order valence-electron chi connectivity index (χ2n) is 6.98. The molecule has 3 aromatic carbocycles. The van der Waals surface area contributed by atoms with Crippen molar-refractivity contribution in [1.82, 2.24) is 0 Å². The number of carboxylic acids is 1. The first-order valence-corrected chi connectivity index (χ1v) is 9.56. The van der Waals surface area contributed by atoms with Gasteiger partial charge < -0.3 is 14.4 Å². The van der Waals surface area contributed by atoms with Crippen molar-refractivity contribution in [3.8, 4) is 5.75 Å². The highest BCUT2D eigenvalue weighted by atomic mass is 16.6. The van der Waals surface area contributed by atoms with Crippen molar-refractivity contribution in [2.24, 2.45) is 11.1 Å². The number of fused-ring (bicyclic) bond motifs is 3. The van der Waals surface area contributed by atoms with E-state index in [1.54, 1.807) is 12.3 Å². The first-order valence-electron chi connectivity index (χ1n) is 9.56. The van der Waals surface area contributed by atoms with Crippen molar-refractivity contribution < 1.29 is 19.2 Å². The highest BCUT2D eigenvalue weighted by molar-refractivity contribution is 6.05. The molecule has 4 aromatic rings. The van der Waals surface area contributed by atoms with Gasteiger partial charge in [-0.05, 0) is 42.7 Å². The molecule has 1 heterocycles. The van der Waals surface area contributed by atoms with Crippen LogP contribution in [0.4, 0.5) is 0 Å². The summed E-state index contributed by atoms with van der Waals surface area (Å²) in [5.41, 5.74) is 2.79. The monoisotopic (exact) mass is 387 g/mol. The second kappa shape index (κ2) is 8.61. The number of benzene rings is 3. The Morgan fingerprint density at radius 1 is 1.00 bits per heavy atom. The molecule has 5 heteroatoms. The number of aliphatic carboxylic acids is 1. The summed E-state index contributed by atoms with van der Waals surface area (Å²) in [5.74, 6) is -0.468. The summed E-state index contributed by atoms with van der Waals surface area (Å²) in [7, 11) is 0. The number of hydrogen-bond acceptors (Lipinski definition) is 4. The third-order valence-corrected chi connectivity index (χ3v) is 4.86. The molecule has 146 valence electrons. The Labute approximate surface area is 168 Å². The van der Waals surface area contributed by atoms with E-state index in [9.17, 15) is 9.90 Å². The topological polar surface area (TPSA) is 72.0 Å². The van der Waals surface area contributed by atoms with Gasteiger partial charge in [0, 0.05) is 22.9 Å². The van der Waals surface area contributed by atoms with Crippen LogP contribution in [0.15, 0.2) is 82.4 Å². The molecule has 0 saturated carbocycles. The zero-order valence-electron chi connectivity index (χ0n) is 15.8. The number of nitrogens with zero attached hydrogens (tertiary/aromatic N) is 1. The molecule has 1 unspecified atom stereocenters. The molecule has 1 aromatic heterocycles. The lowest BCUT2D eigenvalue weighted by Crippen LogP contribution is -2.11. The van der Waals surface area contributed by atoms with E-state index in [0.717, 1.165) is 28.4 Å². The molecule has 0 aliphatic rings. The van der Waals surface area contributed by atoms with E-state index in [1.165, 1.54) is 5.56 Å². The van der Waals surface area contributed by atoms with Crippen LogP contribution >= 0.6 is 0 Å². The van der Waals surface area contributed by atoms with Gasteiger partial charge in [0.1, 0.15) is 11.2 Å².